The first-order chi connectivity index (χ1) is 9.95. The molecule has 1 saturated carbocycles. The van der Waals surface area contributed by atoms with Crippen molar-refractivity contribution in [2.75, 3.05) is 6.54 Å². The maximum absolute atomic E-state index is 13.4. The Hall–Kier alpha value is -0.740. The number of halogens is 1. The molecule has 0 saturated heterocycles. The van der Waals surface area contributed by atoms with Crippen LogP contribution in [0.1, 0.15) is 46.5 Å². The highest BCUT2D eigenvalue weighted by Crippen LogP contribution is 2.39. The Morgan fingerprint density at radius 2 is 2.19 bits per heavy atom. The van der Waals surface area contributed by atoms with Gasteiger partial charge in [0.1, 0.15) is 5.82 Å². The molecule has 0 amide bonds. The number of hydrogen-bond acceptors (Lipinski definition) is 2. The number of rotatable bonds is 5. The predicted molar refractivity (Wildman–Crippen MR) is 86.3 cm³/mol. The summed E-state index contributed by atoms with van der Waals surface area (Å²) in [5.41, 5.74) is 0.126. The molecule has 2 nitrogen and oxygen atoms in total. The van der Waals surface area contributed by atoms with E-state index in [-0.39, 0.29) is 22.5 Å². The molecule has 0 bridgehead atoms. The first kappa shape index (κ1) is 16.6. The standard InChI is InChI=1S/C17H26FNOS/c1-4-11-19-16-15(9-6-10-17(16,2)3)21(20)14-8-5-7-13(18)12-14/h5,7-8,12,15-16,19H,4,6,9-11H2,1-3H3. The lowest BCUT2D eigenvalue weighted by atomic mass is 9.73. The summed E-state index contributed by atoms with van der Waals surface area (Å²) in [6.07, 6.45) is 4.23. The third kappa shape index (κ3) is 3.92. The van der Waals surface area contributed by atoms with E-state index in [1.54, 1.807) is 12.1 Å². The third-order valence-corrected chi connectivity index (χ3v) is 6.22. The van der Waals surface area contributed by atoms with Gasteiger partial charge in [0.15, 0.2) is 0 Å². The molecule has 0 spiro atoms. The Bertz CT molecular complexity index is 503. The van der Waals surface area contributed by atoms with Crippen molar-refractivity contribution in [3.05, 3.63) is 30.1 Å². The lowest BCUT2D eigenvalue weighted by Crippen LogP contribution is -2.54. The highest BCUT2D eigenvalue weighted by atomic mass is 32.2. The monoisotopic (exact) mass is 311 g/mol. The number of benzene rings is 1. The van der Waals surface area contributed by atoms with Crippen molar-refractivity contribution >= 4 is 10.8 Å². The minimum absolute atomic E-state index is 0.0575. The zero-order valence-electron chi connectivity index (χ0n) is 13.2. The molecule has 1 aliphatic carbocycles. The average Bonchev–Trinajstić information content (AvgIpc) is 2.44. The molecule has 1 N–H and O–H groups in total. The van der Waals surface area contributed by atoms with Crippen molar-refractivity contribution in [1.29, 1.82) is 0 Å². The van der Waals surface area contributed by atoms with E-state index < -0.39 is 10.8 Å². The molecule has 1 aromatic carbocycles. The summed E-state index contributed by atoms with van der Waals surface area (Å²) >= 11 is 0. The van der Waals surface area contributed by atoms with Gasteiger partial charge in [0.25, 0.3) is 0 Å². The molecule has 0 aliphatic heterocycles. The van der Waals surface area contributed by atoms with Gasteiger partial charge in [-0.15, -0.1) is 0 Å². The first-order valence-corrected chi connectivity index (χ1v) is 9.06. The minimum atomic E-state index is -1.16. The van der Waals surface area contributed by atoms with Gasteiger partial charge in [0, 0.05) is 10.9 Å². The molecule has 2 rings (SSSR count). The molecule has 0 aromatic heterocycles. The Morgan fingerprint density at radius 3 is 2.86 bits per heavy atom. The summed E-state index contributed by atoms with van der Waals surface area (Å²) in [5, 5.41) is 3.65. The van der Waals surface area contributed by atoms with Crippen molar-refractivity contribution in [2.45, 2.75) is 62.6 Å². The van der Waals surface area contributed by atoms with Crippen LogP contribution in [-0.2, 0) is 10.8 Å². The van der Waals surface area contributed by atoms with E-state index in [1.165, 1.54) is 12.1 Å². The van der Waals surface area contributed by atoms with Crippen LogP contribution in [0.4, 0.5) is 4.39 Å². The van der Waals surface area contributed by atoms with E-state index >= 15 is 0 Å². The van der Waals surface area contributed by atoms with Gasteiger partial charge in [-0.3, -0.25) is 4.21 Å². The van der Waals surface area contributed by atoms with Gasteiger partial charge in [0.05, 0.1) is 16.0 Å². The Kier molecular flexibility index (Phi) is 5.55. The van der Waals surface area contributed by atoms with Gasteiger partial charge >= 0.3 is 0 Å². The second-order valence-electron chi connectivity index (χ2n) is 6.61. The quantitative estimate of drug-likeness (QED) is 0.894. The first-order valence-electron chi connectivity index (χ1n) is 7.85. The molecule has 1 fully saturated rings. The Labute approximate surface area is 130 Å². The van der Waals surface area contributed by atoms with Gasteiger partial charge in [-0.25, -0.2) is 4.39 Å². The van der Waals surface area contributed by atoms with Gasteiger partial charge in [-0.2, -0.15) is 0 Å². The molecular formula is C17H26FNOS. The van der Waals surface area contributed by atoms with Crippen LogP contribution >= 0.6 is 0 Å². The van der Waals surface area contributed by atoms with Crippen LogP contribution in [0.2, 0.25) is 0 Å². The fraction of sp³-hybridized carbons (Fsp3) is 0.647. The predicted octanol–water partition coefficient (Wildman–Crippen LogP) is 3.88. The third-order valence-electron chi connectivity index (χ3n) is 4.44. The molecule has 1 aromatic rings. The summed E-state index contributed by atoms with van der Waals surface area (Å²) in [5.74, 6) is -0.311. The van der Waals surface area contributed by atoms with Gasteiger partial charge in [-0.1, -0.05) is 33.3 Å². The molecule has 3 unspecified atom stereocenters. The molecule has 3 atom stereocenters. The Balaban J connectivity index is 2.23. The largest absolute Gasteiger partial charge is 0.312 e. The van der Waals surface area contributed by atoms with Crippen LogP contribution in [0.25, 0.3) is 0 Å². The van der Waals surface area contributed by atoms with Crippen molar-refractivity contribution in [1.82, 2.24) is 5.32 Å². The molecule has 118 valence electrons. The van der Waals surface area contributed by atoms with Crippen LogP contribution < -0.4 is 5.32 Å². The second-order valence-corrected chi connectivity index (χ2v) is 8.28. The van der Waals surface area contributed by atoms with E-state index in [2.05, 4.69) is 26.1 Å². The molecule has 1 aliphatic rings. The molecule has 0 heterocycles. The van der Waals surface area contributed by atoms with E-state index in [9.17, 15) is 8.60 Å². The van der Waals surface area contributed by atoms with Crippen molar-refractivity contribution < 1.29 is 8.60 Å². The topological polar surface area (TPSA) is 29.1 Å². The highest BCUT2D eigenvalue weighted by molar-refractivity contribution is 7.85. The zero-order valence-corrected chi connectivity index (χ0v) is 14.0. The fourth-order valence-electron chi connectivity index (χ4n) is 3.29. The molecular weight excluding hydrogens is 285 g/mol. The maximum Gasteiger partial charge on any atom is 0.124 e. The Morgan fingerprint density at radius 1 is 1.43 bits per heavy atom. The number of nitrogens with one attached hydrogen (secondary N) is 1. The maximum atomic E-state index is 13.4. The van der Waals surface area contributed by atoms with E-state index in [0.29, 0.717) is 4.90 Å². The van der Waals surface area contributed by atoms with Crippen molar-refractivity contribution in [3.8, 4) is 0 Å². The fourth-order valence-corrected chi connectivity index (χ4v) is 5.17. The van der Waals surface area contributed by atoms with Crippen molar-refractivity contribution in [2.24, 2.45) is 5.41 Å². The molecule has 0 radical (unpaired) electrons. The second kappa shape index (κ2) is 7.01. The minimum Gasteiger partial charge on any atom is -0.312 e. The van der Waals surface area contributed by atoms with Crippen LogP contribution in [-0.4, -0.2) is 22.0 Å². The average molecular weight is 311 g/mol. The summed E-state index contributed by atoms with van der Waals surface area (Å²) in [6, 6.07) is 6.45. The summed E-state index contributed by atoms with van der Waals surface area (Å²) in [4.78, 5) is 0.612. The van der Waals surface area contributed by atoms with E-state index in [0.717, 1.165) is 32.2 Å². The van der Waals surface area contributed by atoms with Crippen LogP contribution in [0, 0.1) is 11.2 Å². The van der Waals surface area contributed by atoms with Gasteiger partial charge in [-0.05, 0) is 49.4 Å². The van der Waals surface area contributed by atoms with Crippen LogP contribution in [0.5, 0.6) is 0 Å². The van der Waals surface area contributed by atoms with Gasteiger partial charge in [0.2, 0.25) is 0 Å². The molecule has 4 heteroatoms. The SMILES string of the molecule is CCCNC1C(S(=O)c2cccc(F)c2)CCCC1(C)C. The van der Waals surface area contributed by atoms with E-state index in [4.69, 9.17) is 0 Å². The van der Waals surface area contributed by atoms with Gasteiger partial charge < -0.3 is 5.32 Å². The van der Waals surface area contributed by atoms with Crippen LogP contribution in [0.15, 0.2) is 29.2 Å². The number of hydrogen-bond donors (Lipinski definition) is 1. The zero-order chi connectivity index (χ0) is 15.5. The van der Waals surface area contributed by atoms with Crippen molar-refractivity contribution in [3.63, 3.8) is 0 Å². The lowest BCUT2D eigenvalue weighted by molar-refractivity contribution is 0.173. The van der Waals surface area contributed by atoms with E-state index in [1.807, 2.05) is 0 Å². The summed E-state index contributed by atoms with van der Waals surface area (Å²) in [7, 11) is -1.16. The smallest absolute Gasteiger partial charge is 0.124 e. The lowest BCUT2D eigenvalue weighted by Gasteiger charge is -2.44. The van der Waals surface area contributed by atoms with Crippen LogP contribution in [0.3, 0.4) is 0 Å². The highest BCUT2D eigenvalue weighted by Gasteiger charge is 2.41. The summed E-state index contributed by atoms with van der Waals surface area (Å²) in [6.45, 7) is 7.57. The summed E-state index contributed by atoms with van der Waals surface area (Å²) < 4.78 is 26.3. The molecule has 21 heavy (non-hydrogen) atoms. The normalized spacial score (nSPS) is 26.5.